The molecule has 1 aliphatic heterocycles. The summed E-state index contributed by atoms with van der Waals surface area (Å²) in [6, 6.07) is 72.5. The van der Waals surface area contributed by atoms with Crippen LogP contribution in [-0.2, 0) is 16.2 Å². The van der Waals surface area contributed by atoms with E-state index in [9.17, 15) is 0 Å². The molecule has 0 amide bonds. The van der Waals surface area contributed by atoms with Crippen LogP contribution in [0.25, 0.3) is 49.9 Å². The van der Waals surface area contributed by atoms with Crippen molar-refractivity contribution in [3.05, 3.63) is 229 Å². The fourth-order valence-corrected chi connectivity index (χ4v) is 10.1. The molecule has 1 aliphatic rings. The molecule has 0 radical (unpaired) electrons. The van der Waals surface area contributed by atoms with Gasteiger partial charge in [0.2, 0.25) is 0 Å². The Balaban J connectivity index is 1.00. The van der Waals surface area contributed by atoms with Gasteiger partial charge in [0.15, 0.2) is 0 Å². The number of ether oxygens (including phenoxy) is 1. The van der Waals surface area contributed by atoms with Crippen LogP contribution in [-0.4, -0.2) is 16.2 Å². The van der Waals surface area contributed by atoms with Gasteiger partial charge in [0.25, 0.3) is 0 Å². The molecule has 0 fully saturated rings. The third-order valence-electron chi connectivity index (χ3n) is 14.3. The van der Waals surface area contributed by atoms with E-state index in [0.29, 0.717) is 6.67 Å². The van der Waals surface area contributed by atoms with Crippen molar-refractivity contribution in [1.82, 2.24) is 9.55 Å². The van der Waals surface area contributed by atoms with Gasteiger partial charge in [0, 0.05) is 45.9 Å². The van der Waals surface area contributed by atoms with Crippen molar-refractivity contribution < 1.29 is 4.74 Å². The van der Waals surface area contributed by atoms with Gasteiger partial charge in [-0.3, -0.25) is 4.57 Å². The van der Waals surface area contributed by atoms with Crippen LogP contribution < -0.4 is 14.5 Å². The van der Waals surface area contributed by atoms with Gasteiger partial charge in [-0.15, -0.1) is 0 Å². The van der Waals surface area contributed by atoms with Crippen molar-refractivity contribution in [2.45, 2.75) is 71.6 Å². The van der Waals surface area contributed by atoms with Crippen LogP contribution in [0.2, 0.25) is 0 Å². The second-order valence-corrected chi connectivity index (χ2v) is 21.4. The van der Waals surface area contributed by atoms with Crippen molar-refractivity contribution in [2.75, 3.05) is 16.5 Å². The first kappa shape index (κ1) is 44.6. The number of fused-ring (bicyclic) bond motifs is 4. The number of pyridine rings is 1. The average molecular weight is 913 g/mol. The van der Waals surface area contributed by atoms with Crippen LogP contribution in [0.15, 0.2) is 206 Å². The van der Waals surface area contributed by atoms with E-state index in [0.717, 1.165) is 45.1 Å². The highest BCUT2D eigenvalue weighted by Crippen LogP contribution is 2.49. The summed E-state index contributed by atoms with van der Waals surface area (Å²) in [6.07, 6.45) is 1.93. The molecular formula is C65H60N4O. The van der Waals surface area contributed by atoms with Crippen molar-refractivity contribution in [3.63, 3.8) is 0 Å². The summed E-state index contributed by atoms with van der Waals surface area (Å²) in [5.41, 5.74) is 16.2. The molecule has 0 aliphatic carbocycles. The molecule has 0 saturated heterocycles. The number of rotatable bonds is 9. The maximum atomic E-state index is 6.90. The van der Waals surface area contributed by atoms with E-state index in [2.05, 4.69) is 270 Å². The second kappa shape index (κ2) is 17.3. The Morgan fingerprint density at radius 3 is 1.79 bits per heavy atom. The van der Waals surface area contributed by atoms with Crippen molar-refractivity contribution >= 4 is 44.6 Å². The summed E-state index contributed by atoms with van der Waals surface area (Å²) >= 11 is 0. The molecule has 11 rings (SSSR count). The Labute approximate surface area is 413 Å². The molecule has 10 aromatic rings. The molecule has 5 nitrogen and oxygen atoms in total. The SMILES string of the molecule is CC(C)(C)c1cc(-c2ccccc2)cc(N2CN(c3cccc(Oc4ccc5c6cc(-c7ccccc7)ccc6n(-c6cc(C(C)(C)C)ccn6)c5c4)c3)c3ccc(C(C)(C)c4ccccc4)cc32)c1. The zero-order valence-electron chi connectivity index (χ0n) is 41.5. The van der Waals surface area contributed by atoms with Crippen molar-refractivity contribution in [1.29, 1.82) is 0 Å². The number of aromatic nitrogens is 2. The minimum absolute atomic E-state index is 0.0360. The van der Waals surface area contributed by atoms with E-state index in [1.165, 1.54) is 61.3 Å². The Morgan fingerprint density at radius 1 is 0.400 bits per heavy atom. The maximum absolute atomic E-state index is 6.90. The number of nitrogens with zero attached hydrogens (tertiary/aromatic N) is 4. The second-order valence-electron chi connectivity index (χ2n) is 21.4. The molecule has 0 atom stereocenters. The smallest absolute Gasteiger partial charge is 0.137 e. The third-order valence-corrected chi connectivity index (χ3v) is 14.3. The molecule has 346 valence electrons. The Kier molecular flexibility index (Phi) is 11.0. The van der Waals surface area contributed by atoms with Gasteiger partial charge in [-0.25, -0.2) is 4.98 Å². The van der Waals surface area contributed by atoms with E-state index in [1.807, 2.05) is 6.20 Å². The van der Waals surface area contributed by atoms with Crippen molar-refractivity contribution in [3.8, 4) is 39.6 Å². The van der Waals surface area contributed by atoms with Crippen LogP contribution in [0.5, 0.6) is 11.5 Å². The number of anilines is 4. The molecule has 0 N–H and O–H groups in total. The largest absolute Gasteiger partial charge is 0.457 e. The molecule has 70 heavy (non-hydrogen) atoms. The van der Waals surface area contributed by atoms with Gasteiger partial charge >= 0.3 is 0 Å². The monoisotopic (exact) mass is 912 g/mol. The van der Waals surface area contributed by atoms with Gasteiger partial charge < -0.3 is 14.5 Å². The van der Waals surface area contributed by atoms with Gasteiger partial charge in [0.05, 0.1) is 22.4 Å². The highest BCUT2D eigenvalue weighted by molar-refractivity contribution is 6.10. The lowest BCUT2D eigenvalue weighted by atomic mass is 9.78. The fourth-order valence-electron chi connectivity index (χ4n) is 10.1. The molecule has 3 heterocycles. The average Bonchev–Trinajstić information content (AvgIpc) is 3.92. The predicted octanol–water partition coefficient (Wildman–Crippen LogP) is 17.5. The van der Waals surface area contributed by atoms with Gasteiger partial charge in [-0.05, 0) is 128 Å². The fraction of sp³-hybridized carbons (Fsp3) is 0.185. The number of benzene rings is 8. The minimum Gasteiger partial charge on any atom is -0.457 e. The number of hydrogen-bond acceptors (Lipinski definition) is 4. The van der Waals surface area contributed by atoms with Gasteiger partial charge in [-0.2, -0.15) is 0 Å². The predicted molar refractivity (Wildman–Crippen MR) is 294 cm³/mol. The van der Waals surface area contributed by atoms with Crippen LogP contribution in [0.3, 0.4) is 0 Å². The highest BCUT2D eigenvalue weighted by Gasteiger charge is 2.33. The number of hydrogen-bond donors (Lipinski definition) is 0. The molecule has 0 saturated carbocycles. The summed E-state index contributed by atoms with van der Waals surface area (Å²) in [4.78, 5) is 9.89. The highest BCUT2D eigenvalue weighted by atomic mass is 16.5. The molecule has 0 unspecified atom stereocenters. The van der Waals surface area contributed by atoms with Crippen LogP contribution in [0.4, 0.5) is 22.7 Å². The van der Waals surface area contributed by atoms with E-state index >= 15 is 0 Å². The lowest BCUT2D eigenvalue weighted by molar-refractivity contribution is 0.483. The van der Waals surface area contributed by atoms with E-state index < -0.39 is 0 Å². The van der Waals surface area contributed by atoms with Crippen LogP contribution in [0, 0.1) is 0 Å². The summed E-state index contributed by atoms with van der Waals surface area (Å²) in [6.45, 7) is 18.9. The maximum Gasteiger partial charge on any atom is 0.137 e. The molecule has 8 aromatic carbocycles. The minimum atomic E-state index is -0.214. The Hall–Kier alpha value is -7.89. The molecule has 5 heteroatoms. The topological polar surface area (TPSA) is 33.5 Å². The first-order chi connectivity index (χ1) is 33.7. The summed E-state index contributed by atoms with van der Waals surface area (Å²) in [5, 5.41) is 2.32. The lowest BCUT2D eigenvalue weighted by Gasteiger charge is -2.28. The molecular weight excluding hydrogens is 853 g/mol. The Morgan fingerprint density at radius 2 is 1.07 bits per heavy atom. The first-order valence-electron chi connectivity index (χ1n) is 24.5. The zero-order valence-corrected chi connectivity index (χ0v) is 41.5. The molecule has 2 aromatic heterocycles. The van der Waals surface area contributed by atoms with Gasteiger partial charge in [0.1, 0.15) is 24.0 Å². The van der Waals surface area contributed by atoms with Crippen LogP contribution in [0.1, 0.15) is 77.6 Å². The first-order valence-corrected chi connectivity index (χ1v) is 24.5. The lowest BCUT2D eigenvalue weighted by Crippen LogP contribution is -2.24. The standard InChI is InChI=1S/C65H60N4O/c1-63(2,3)49-33-34-66-62(40-49)69-58-31-27-46(44-19-12-9-13-20-44)37-57(58)56-30-29-55(42-60(56)69)70-54-26-18-25-52(41-54)67-43-68(53-36-47(45-21-14-10-15-22-45)35-51(38-53)64(4,5)6)61-39-50(28-32-59(61)67)65(7,8)48-23-16-11-17-24-48/h9-42H,43H2,1-8H3. The van der Waals surface area contributed by atoms with Crippen molar-refractivity contribution in [2.24, 2.45) is 0 Å². The van der Waals surface area contributed by atoms with Gasteiger partial charge in [-0.1, -0.05) is 171 Å². The van der Waals surface area contributed by atoms with E-state index in [-0.39, 0.29) is 16.2 Å². The summed E-state index contributed by atoms with van der Waals surface area (Å²) in [7, 11) is 0. The quantitative estimate of drug-likeness (QED) is 0.144. The Bertz CT molecular complexity index is 3540. The zero-order chi connectivity index (χ0) is 48.4. The van der Waals surface area contributed by atoms with E-state index in [1.54, 1.807) is 0 Å². The molecule has 0 bridgehead atoms. The normalized spacial score (nSPS) is 13.0. The molecule has 0 spiro atoms. The van der Waals surface area contributed by atoms with E-state index in [4.69, 9.17) is 9.72 Å². The third kappa shape index (κ3) is 8.30. The summed E-state index contributed by atoms with van der Waals surface area (Å²) < 4.78 is 9.19. The summed E-state index contributed by atoms with van der Waals surface area (Å²) in [5.74, 6) is 2.41. The van der Waals surface area contributed by atoms with Crippen LogP contribution >= 0.6 is 0 Å².